The molecule has 19 heavy (non-hydrogen) atoms. The maximum Gasteiger partial charge on any atom is 0.0916 e. The molecule has 1 aromatic rings. The molecule has 0 heterocycles. The van der Waals surface area contributed by atoms with Crippen LogP contribution in [0.3, 0.4) is 0 Å². The summed E-state index contributed by atoms with van der Waals surface area (Å²) in [6.45, 7) is 11.7. The second kappa shape index (κ2) is 6.53. The van der Waals surface area contributed by atoms with Gasteiger partial charge in [-0.2, -0.15) is 0 Å². The van der Waals surface area contributed by atoms with E-state index in [0.717, 1.165) is 12.0 Å². The smallest absolute Gasteiger partial charge is 0.0916 e. The van der Waals surface area contributed by atoms with Crippen molar-refractivity contribution >= 4 is 0 Å². The van der Waals surface area contributed by atoms with E-state index in [0.29, 0.717) is 12.6 Å². The zero-order valence-corrected chi connectivity index (χ0v) is 13.3. The average molecular weight is 263 g/mol. The molecule has 2 heteroatoms. The number of hydrogen-bond acceptors (Lipinski definition) is 2. The molecule has 0 fully saturated rings. The molecular weight excluding hydrogens is 234 g/mol. The van der Waals surface area contributed by atoms with Crippen molar-refractivity contribution in [2.75, 3.05) is 13.6 Å². The van der Waals surface area contributed by atoms with Crippen molar-refractivity contribution in [3.8, 4) is 0 Å². The fraction of sp³-hybridized carbons (Fsp3) is 0.647. The van der Waals surface area contributed by atoms with E-state index in [1.54, 1.807) is 0 Å². The Balaban J connectivity index is 2.65. The Morgan fingerprint density at radius 2 is 1.68 bits per heavy atom. The number of hydrogen-bond donors (Lipinski definition) is 1. The van der Waals surface area contributed by atoms with Crippen molar-refractivity contribution < 1.29 is 5.11 Å². The zero-order chi connectivity index (χ0) is 14.6. The Bertz CT molecular complexity index is 377. The molecule has 0 amide bonds. The third kappa shape index (κ3) is 4.63. The second-order valence-electron chi connectivity index (χ2n) is 6.59. The molecule has 0 aliphatic rings. The van der Waals surface area contributed by atoms with Crippen molar-refractivity contribution in [2.24, 2.45) is 5.41 Å². The molecule has 0 spiro atoms. The van der Waals surface area contributed by atoms with E-state index in [2.05, 4.69) is 58.7 Å². The number of likely N-dealkylation sites (N-methyl/N-ethyl adjacent to an activating group) is 1. The van der Waals surface area contributed by atoms with Crippen LogP contribution >= 0.6 is 0 Å². The third-order valence-corrected chi connectivity index (χ3v) is 4.15. The van der Waals surface area contributed by atoms with Crippen molar-refractivity contribution in [1.29, 1.82) is 0 Å². The molecule has 2 unspecified atom stereocenters. The summed E-state index contributed by atoms with van der Waals surface area (Å²) in [5, 5.41) is 10.3. The quantitative estimate of drug-likeness (QED) is 0.876. The molecule has 0 aliphatic heterocycles. The van der Waals surface area contributed by atoms with Gasteiger partial charge in [-0.15, -0.1) is 0 Å². The number of aliphatic hydroxyl groups excluding tert-OH is 1. The lowest BCUT2D eigenvalue weighted by molar-refractivity contribution is 0.0715. The van der Waals surface area contributed by atoms with Crippen molar-refractivity contribution in [2.45, 2.75) is 53.2 Å². The van der Waals surface area contributed by atoms with Crippen molar-refractivity contribution in [1.82, 2.24) is 4.90 Å². The highest BCUT2D eigenvalue weighted by molar-refractivity contribution is 5.24. The monoisotopic (exact) mass is 263 g/mol. The van der Waals surface area contributed by atoms with Gasteiger partial charge in [0.2, 0.25) is 0 Å². The van der Waals surface area contributed by atoms with Gasteiger partial charge in [0.25, 0.3) is 0 Å². The standard InChI is InChI=1S/C17H29NO/c1-7-14-8-10-15(11-9-14)16(19)12-18(6)13(2)17(3,4)5/h8-11,13,16,19H,7,12H2,1-6H3. The summed E-state index contributed by atoms with van der Waals surface area (Å²) in [5.41, 5.74) is 2.54. The molecule has 0 aliphatic carbocycles. The molecule has 1 N–H and O–H groups in total. The maximum absolute atomic E-state index is 10.3. The van der Waals surface area contributed by atoms with Crippen LogP contribution in [0.25, 0.3) is 0 Å². The second-order valence-corrected chi connectivity index (χ2v) is 6.59. The molecule has 0 saturated heterocycles. The number of rotatable bonds is 5. The van der Waals surface area contributed by atoms with Crippen LogP contribution in [0.15, 0.2) is 24.3 Å². The van der Waals surface area contributed by atoms with E-state index in [1.165, 1.54) is 5.56 Å². The summed E-state index contributed by atoms with van der Waals surface area (Å²) in [6.07, 6.45) is 0.623. The fourth-order valence-electron chi connectivity index (χ4n) is 2.17. The van der Waals surface area contributed by atoms with E-state index in [1.807, 2.05) is 12.1 Å². The third-order valence-electron chi connectivity index (χ3n) is 4.15. The molecule has 0 saturated carbocycles. The zero-order valence-electron chi connectivity index (χ0n) is 13.3. The summed E-state index contributed by atoms with van der Waals surface area (Å²) >= 11 is 0. The van der Waals surface area contributed by atoms with Crippen LogP contribution in [0.1, 0.15) is 51.8 Å². The van der Waals surface area contributed by atoms with Crippen LogP contribution in [-0.4, -0.2) is 29.6 Å². The highest BCUT2D eigenvalue weighted by Gasteiger charge is 2.25. The Morgan fingerprint density at radius 1 is 1.16 bits per heavy atom. The van der Waals surface area contributed by atoms with E-state index in [4.69, 9.17) is 0 Å². The van der Waals surface area contributed by atoms with Gasteiger partial charge in [-0.05, 0) is 36.9 Å². The predicted molar refractivity (Wildman–Crippen MR) is 82.3 cm³/mol. The lowest BCUT2D eigenvalue weighted by atomic mass is 9.87. The number of aryl methyl sites for hydroxylation is 1. The molecule has 1 rings (SSSR count). The first-order valence-corrected chi connectivity index (χ1v) is 7.22. The minimum atomic E-state index is -0.416. The van der Waals surface area contributed by atoms with Gasteiger partial charge >= 0.3 is 0 Å². The molecule has 2 atom stereocenters. The van der Waals surface area contributed by atoms with Crippen molar-refractivity contribution in [3.05, 3.63) is 35.4 Å². The van der Waals surface area contributed by atoms with Gasteiger partial charge in [0.15, 0.2) is 0 Å². The van der Waals surface area contributed by atoms with Crippen LogP contribution in [-0.2, 0) is 6.42 Å². The van der Waals surface area contributed by atoms with Gasteiger partial charge in [0.1, 0.15) is 0 Å². The normalized spacial score (nSPS) is 15.6. The lowest BCUT2D eigenvalue weighted by Gasteiger charge is -2.36. The van der Waals surface area contributed by atoms with Gasteiger partial charge < -0.3 is 10.0 Å². The first-order chi connectivity index (χ1) is 8.75. The lowest BCUT2D eigenvalue weighted by Crippen LogP contribution is -2.41. The maximum atomic E-state index is 10.3. The summed E-state index contributed by atoms with van der Waals surface area (Å²) in [4.78, 5) is 2.23. The van der Waals surface area contributed by atoms with Crippen molar-refractivity contribution in [3.63, 3.8) is 0 Å². The van der Waals surface area contributed by atoms with Gasteiger partial charge in [0.05, 0.1) is 6.10 Å². The van der Waals surface area contributed by atoms with E-state index >= 15 is 0 Å². The molecule has 1 aromatic carbocycles. The number of benzene rings is 1. The van der Waals surface area contributed by atoms with Crippen LogP contribution in [0.2, 0.25) is 0 Å². The van der Waals surface area contributed by atoms with E-state index in [9.17, 15) is 5.11 Å². The first-order valence-electron chi connectivity index (χ1n) is 7.22. The molecular formula is C17H29NO. The first kappa shape index (κ1) is 16.2. The van der Waals surface area contributed by atoms with Crippen LogP contribution in [0.5, 0.6) is 0 Å². The molecule has 0 bridgehead atoms. The largest absolute Gasteiger partial charge is 0.387 e. The SMILES string of the molecule is CCc1ccc(C(O)CN(C)C(C)C(C)(C)C)cc1. The fourth-order valence-corrected chi connectivity index (χ4v) is 2.17. The van der Waals surface area contributed by atoms with Gasteiger partial charge in [0, 0.05) is 12.6 Å². The van der Waals surface area contributed by atoms with Gasteiger partial charge in [-0.3, -0.25) is 0 Å². The van der Waals surface area contributed by atoms with Gasteiger partial charge in [-0.25, -0.2) is 0 Å². The summed E-state index contributed by atoms with van der Waals surface area (Å²) < 4.78 is 0. The Kier molecular flexibility index (Phi) is 5.57. The van der Waals surface area contributed by atoms with Crippen LogP contribution in [0.4, 0.5) is 0 Å². The highest BCUT2D eigenvalue weighted by Crippen LogP contribution is 2.25. The van der Waals surface area contributed by atoms with E-state index < -0.39 is 6.10 Å². The van der Waals surface area contributed by atoms with Crippen LogP contribution < -0.4 is 0 Å². The summed E-state index contributed by atoms with van der Waals surface area (Å²) in [6, 6.07) is 8.72. The number of aliphatic hydroxyl groups is 1. The summed E-state index contributed by atoms with van der Waals surface area (Å²) in [7, 11) is 2.08. The van der Waals surface area contributed by atoms with E-state index in [-0.39, 0.29) is 5.41 Å². The Morgan fingerprint density at radius 3 is 2.11 bits per heavy atom. The molecule has 0 radical (unpaired) electrons. The molecule has 2 nitrogen and oxygen atoms in total. The van der Waals surface area contributed by atoms with Gasteiger partial charge in [-0.1, -0.05) is 52.0 Å². The Hall–Kier alpha value is -0.860. The minimum absolute atomic E-state index is 0.223. The molecule has 108 valence electrons. The van der Waals surface area contributed by atoms with Crippen LogP contribution in [0, 0.1) is 5.41 Å². The molecule has 0 aromatic heterocycles. The minimum Gasteiger partial charge on any atom is -0.387 e. The number of nitrogens with zero attached hydrogens (tertiary/aromatic N) is 1. The topological polar surface area (TPSA) is 23.5 Å². The Labute approximate surface area is 118 Å². The average Bonchev–Trinajstić information content (AvgIpc) is 2.36. The summed E-state index contributed by atoms with van der Waals surface area (Å²) in [5.74, 6) is 0. The predicted octanol–water partition coefficient (Wildman–Crippen LogP) is 3.65. The highest BCUT2D eigenvalue weighted by atomic mass is 16.3.